The lowest BCUT2D eigenvalue weighted by Crippen LogP contribution is -2.36. The van der Waals surface area contributed by atoms with Crippen molar-refractivity contribution in [3.8, 4) is 0 Å². The van der Waals surface area contributed by atoms with Crippen LogP contribution in [0.25, 0.3) is 6.08 Å². The second kappa shape index (κ2) is 7.92. The number of carbonyl (C=O) groups excluding carboxylic acids is 2. The van der Waals surface area contributed by atoms with Gasteiger partial charge in [-0.25, -0.2) is 0 Å². The molecule has 19 heavy (non-hydrogen) atoms. The van der Waals surface area contributed by atoms with Crippen LogP contribution in [0.5, 0.6) is 0 Å². The minimum Gasteiger partial charge on any atom is -0.399 e. The molecule has 0 radical (unpaired) electrons. The van der Waals surface area contributed by atoms with Gasteiger partial charge in [-0.1, -0.05) is 19.1 Å². The van der Waals surface area contributed by atoms with E-state index in [4.69, 9.17) is 5.73 Å². The predicted octanol–water partition coefficient (Wildman–Crippen LogP) is 0.924. The van der Waals surface area contributed by atoms with Gasteiger partial charge in [-0.3, -0.25) is 9.59 Å². The molecule has 0 atom stereocenters. The zero-order valence-corrected chi connectivity index (χ0v) is 11.0. The molecule has 0 saturated carbocycles. The summed E-state index contributed by atoms with van der Waals surface area (Å²) in [4.78, 5) is 22.7. The average molecular weight is 261 g/mol. The van der Waals surface area contributed by atoms with Crippen LogP contribution in [-0.2, 0) is 9.59 Å². The molecule has 0 saturated heterocycles. The fraction of sp³-hybridized carbons (Fsp3) is 0.286. The molecule has 0 heterocycles. The molecule has 5 nitrogen and oxygen atoms in total. The molecule has 0 aliphatic rings. The number of nitrogen functional groups attached to an aromatic ring is 1. The number of amides is 2. The zero-order chi connectivity index (χ0) is 14.1. The second-order valence-electron chi connectivity index (χ2n) is 4.07. The van der Waals surface area contributed by atoms with Crippen molar-refractivity contribution >= 4 is 23.6 Å². The van der Waals surface area contributed by atoms with Crippen LogP contribution in [0, 0.1) is 0 Å². The van der Waals surface area contributed by atoms with Crippen LogP contribution in [0.15, 0.2) is 30.3 Å². The lowest BCUT2D eigenvalue weighted by Gasteiger charge is -2.03. The van der Waals surface area contributed by atoms with Crippen LogP contribution in [0.1, 0.15) is 18.9 Å². The summed E-state index contributed by atoms with van der Waals surface area (Å²) < 4.78 is 0. The number of nitrogens with one attached hydrogen (secondary N) is 2. The molecule has 1 aromatic rings. The highest BCUT2D eigenvalue weighted by atomic mass is 16.2. The Labute approximate surface area is 112 Å². The highest BCUT2D eigenvalue weighted by Crippen LogP contribution is 2.07. The van der Waals surface area contributed by atoms with Crippen molar-refractivity contribution in [1.82, 2.24) is 10.6 Å². The molecule has 1 aromatic carbocycles. The van der Waals surface area contributed by atoms with Gasteiger partial charge in [0.25, 0.3) is 0 Å². The number of nitrogens with two attached hydrogens (primary N) is 1. The Balaban J connectivity index is 2.37. The van der Waals surface area contributed by atoms with Crippen LogP contribution >= 0.6 is 0 Å². The second-order valence-corrected chi connectivity index (χ2v) is 4.07. The maximum Gasteiger partial charge on any atom is 0.244 e. The van der Waals surface area contributed by atoms with Crippen molar-refractivity contribution < 1.29 is 9.59 Å². The largest absolute Gasteiger partial charge is 0.399 e. The molecule has 0 aliphatic carbocycles. The van der Waals surface area contributed by atoms with Gasteiger partial charge < -0.3 is 16.4 Å². The number of hydrogen-bond acceptors (Lipinski definition) is 3. The van der Waals surface area contributed by atoms with Gasteiger partial charge in [-0.05, 0) is 30.2 Å². The minimum absolute atomic E-state index is 0.0138. The van der Waals surface area contributed by atoms with E-state index in [0.717, 1.165) is 12.0 Å². The van der Waals surface area contributed by atoms with Crippen LogP contribution < -0.4 is 16.4 Å². The normalized spacial score (nSPS) is 10.4. The molecule has 5 heteroatoms. The summed E-state index contributed by atoms with van der Waals surface area (Å²) in [5, 5.41) is 5.18. The fourth-order valence-electron chi connectivity index (χ4n) is 1.39. The Morgan fingerprint density at radius 1 is 1.32 bits per heavy atom. The summed E-state index contributed by atoms with van der Waals surface area (Å²) in [7, 11) is 0. The monoisotopic (exact) mass is 261 g/mol. The van der Waals surface area contributed by atoms with Crippen LogP contribution in [0.4, 0.5) is 5.69 Å². The molecule has 0 aromatic heterocycles. The highest BCUT2D eigenvalue weighted by Gasteiger charge is 2.01. The van der Waals surface area contributed by atoms with E-state index in [1.165, 1.54) is 6.08 Å². The van der Waals surface area contributed by atoms with Crippen molar-refractivity contribution in [3.63, 3.8) is 0 Å². The third-order valence-electron chi connectivity index (χ3n) is 2.33. The van der Waals surface area contributed by atoms with Gasteiger partial charge in [0, 0.05) is 18.3 Å². The standard InChI is InChI=1S/C14H19N3O2/c1-2-8-16-14(19)10-17-13(18)7-6-11-4-3-5-12(15)9-11/h3-7,9H,2,8,10,15H2,1H3,(H,16,19)(H,17,18)/b7-6+. The molecule has 1 rings (SSSR count). The Bertz CT molecular complexity index is 470. The molecule has 102 valence electrons. The Hall–Kier alpha value is -2.30. The summed E-state index contributed by atoms with van der Waals surface area (Å²) in [5.74, 6) is -0.498. The van der Waals surface area contributed by atoms with E-state index in [1.807, 2.05) is 19.1 Å². The number of hydrogen-bond donors (Lipinski definition) is 3. The molecule has 4 N–H and O–H groups in total. The topological polar surface area (TPSA) is 84.2 Å². The maximum atomic E-state index is 11.5. The van der Waals surface area contributed by atoms with Gasteiger partial charge in [0.2, 0.25) is 11.8 Å². The molecule has 0 aliphatic heterocycles. The van der Waals surface area contributed by atoms with E-state index < -0.39 is 0 Å². The third kappa shape index (κ3) is 6.26. The number of benzene rings is 1. The molecule has 2 amide bonds. The van der Waals surface area contributed by atoms with E-state index in [-0.39, 0.29) is 18.4 Å². The van der Waals surface area contributed by atoms with E-state index in [9.17, 15) is 9.59 Å². The van der Waals surface area contributed by atoms with Crippen molar-refractivity contribution in [2.45, 2.75) is 13.3 Å². The number of carbonyl (C=O) groups is 2. The van der Waals surface area contributed by atoms with Crippen molar-refractivity contribution in [2.24, 2.45) is 0 Å². The molecule has 0 unspecified atom stereocenters. The highest BCUT2D eigenvalue weighted by molar-refractivity contribution is 5.94. The smallest absolute Gasteiger partial charge is 0.244 e. The average Bonchev–Trinajstić information content (AvgIpc) is 2.40. The van der Waals surface area contributed by atoms with E-state index >= 15 is 0 Å². The van der Waals surface area contributed by atoms with E-state index in [2.05, 4.69) is 10.6 Å². The summed E-state index contributed by atoms with van der Waals surface area (Å²) >= 11 is 0. The first-order valence-electron chi connectivity index (χ1n) is 6.20. The van der Waals surface area contributed by atoms with E-state index in [1.54, 1.807) is 18.2 Å². The third-order valence-corrected chi connectivity index (χ3v) is 2.33. The quantitative estimate of drug-likeness (QED) is 0.526. The van der Waals surface area contributed by atoms with Gasteiger partial charge in [-0.15, -0.1) is 0 Å². The fourth-order valence-corrected chi connectivity index (χ4v) is 1.39. The minimum atomic E-state index is -0.311. The summed E-state index contributed by atoms with van der Waals surface area (Å²) in [6.07, 6.45) is 3.90. The molecule has 0 bridgehead atoms. The molecular formula is C14H19N3O2. The molecule has 0 fully saturated rings. The van der Waals surface area contributed by atoms with Crippen LogP contribution in [0.2, 0.25) is 0 Å². The van der Waals surface area contributed by atoms with Gasteiger partial charge >= 0.3 is 0 Å². The first-order chi connectivity index (χ1) is 9.11. The summed E-state index contributed by atoms with van der Waals surface area (Å²) in [6.45, 7) is 2.57. The van der Waals surface area contributed by atoms with Gasteiger partial charge in [0.05, 0.1) is 6.54 Å². The predicted molar refractivity (Wildman–Crippen MR) is 76.2 cm³/mol. The SMILES string of the molecule is CCCNC(=O)CNC(=O)/C=C/c1cccc(N)c1. The van der Waals surface area contributed by atoms with Gasteiger partial charge in [0.1, 0.15) is 0 Å². The van der Waals surface area contributed by atoms with Gasteiger partial charge in [0.15, 0.2) is 0 Å². The summed E-state index contributed by atoms with van der Waals surface area (Å²) in [5.41, 5.74) is 7.10. The van der Waals surface area contributed by atoms with Crippen molar-refractivity contribution in [2.75, 3.05) is 18.8 Å². The lowest BCUT2D eigenvalue weighted by molar-refractivity contribution is -0.123. The van der Waals surface area contributed by atoms with E-state index in [0.29, 0.717) is 12.2 Å². The number of rotatable bonds is 6. The maximum absolute atomic E-state index is 11.5. The van der Waals surface area contributed by atoms with Gasteiger partial charge in [-0.2, -0.15) is 0 Å². The van der Waals surface area contributed by atoms with Crippen molar-refractivity contribution in [3.05, 3.63) is 35.9 Å². The number of anilines is 1. The molecular weight excluding hydrogens is 242 g/mol. The van der Waals surface area contributed by atoms with Crippen molar-refractivity contribution in [1.29, 1.82) is 0 Å². The Morgan fingerprint density at radius 2 is 2.11 bits per heavy atom. The first kappa shape index (κ1) is 14.8. The van der Waals surface area contributed by atoms with Crippen LogP contribution in [0.3, 0.4) is 0 Å². The summed E-state index contributed by atoms with van der Waals surface area (Å²) in [6, 6.07) is 7.19. The lowest BCUT2D eigenvalue weighted by atomic mass is 10.2. The Morgan fingerprint density at radius 3 is 2.79 bits per heavy atom. The zero-order valence-electron chi connectivity index (χ0n) is 11.0. The first-order valence-corrected chi connectivity index (χ1v) is 6.20. The Kier molecular flexibility index (Phi) is 6.15. The van der Waals surface area contributed by atoms with Crippen LogP contribution in [-0.4, -0.2) is 24.9 Å². The molecule has 0 spiro atoms.